The maximum absolute atomic E-state index is 14.4. The van der Waals surface area contributed by atoms with E-state index in [-0.39, 0.29) is 27.6 Å². The van der Waals surface area contributed by atoms with Crippen molar-refractivity contribution in [3.8, 4) is 0 Å². The fraction of sp³-hybridized carbons (Fsp3) is 0.346. The van der Waals surface area contributed by atoms with E-state index < -0.39 is 65.7 Å². The molecule has 2 amide bonds. The summed E-state index contributed by atoms with van der Waals surface area (Å²) in [7, 11) is 0. The fourth-order valence-electron chi connectivity index (χ4n) is 4.23. The molecule has 1 atom stereocenters. The number of carbonyl (C=O) groups excluding carboxylic acids is 2. The largest absolute Gasteiger partial charge is 0.435 e. The van der Waals surface area contributed by atoms with Gasteiger partial charge in [0.2, 0.25) is 5.91 Å². The van der Waals surface area contributed by atoms with Crippen molar-refractivity contribution in [3.05, 3.63) is 67.8 Å². The number of hydrogen-bond donors (Lipinski definition) is 2. The number of oxime groups is 1. The van der Waals surface area contributed by atoms with E-state index in [2.05, 4.69) is 10.5 Å². The van der Waals surface area contributed by atoms with Gasteiger partial charge in [0.25, 0.3) is 11.5 Å². The molecule has 1 aliphatic rings. The molecule has 40 heavy (non-hydrogen) atoms. The van der Waals surface area contributed by atoms with Gasteiger partial charge in [-0.05, 0) is 55.0 Å². The lowest BCUT2D eigenvalue weighted by Crippen LogP contribution is -2.44. The number of aryl methyl sites for hydroxylation is 1. The van der Waals surface area contributed by atoms with Crippen LogP contribution in [0, 0.1) is 12.7 Å². The second-order valence-corrected chi connectivity index (χ2v) is 9.27. The molecule has 2 aromatic carbocycles. The first-order valence-corrected chi connectivity index (χ1v) is 12.1. The van der Waals surface area contributed by atoms with Crippen molar-refractivity contribution < 1.29 is 45.2 Å². The van der Waals surface area contributed by atoms with Crippen molar-refractivity contribution in [1.82, 2.24) is 10.6 Å². The molecule has 1 aliphatic heterocycles. The third-order valence-electron chi connectivity index (χ3n) is 6.18. The van der Waals surface area contributed by atoms with Crippen LogP contribution in [0.1, 0.15) is 47.3 Å². The maximum atomic E-state index is 14.4. The zero-order valence-electron chi connectivity index (χ0n) is 21.3. The Morgan fingerprint density at radius 1 is 1.07 bits per heavy atom. The molecular formula is C26H23ClF7N3O3. The van der Waals surface area contributed by atoms with Crippen LogP contribution in [-0.2, 0) is 15.2 Å². The Labute approximate surface area is 228 Å². The summed E-state index contributed by atoms with van der Waals surface area (Å²) in [5, 5.41) is 7.66. The molecule has 0 bridgehead atoms. The molecular weight excluding hydrogens is 571 g/mol. The molecule has 0 spiro atoms. The lowest BCUT2D eigenvalue weighted by atomic mass is 9.85. The van der Waals surface area contributed by atoms with Crippen LogP contribution in [0.3, 0.4) is 0 Å². The van der Waals surface area contributed by atoms with Gasteiger partial charge in [-0.3, -0.25) is 9.59 Å². The Morgan fingerprint density at radius 2 is 1.73 bits per heavy atom. The third-order valence-corrected chi connectivity index (χ3v) is 6.45. The lowest BCUT2D eigenvalue weighted by molar-refractivity contribution is -0.275. The molecule has 2 aromatic rings. The highest BCUT2D eigenvalue weighted by atomic mass is 35.5. The van der Waals surface area contributed by atoms with Crippen LogP contribution in [0.4, 0.5) is 30.7 Å². The van der Waals surface area contributed by atoms with E-state index in [9.17, 15) is 40.3 Å². The molecule has 216 valence electrons. The number of halogens is 8. The molecule has 1 heterocycles. The summed E-state index contributed by atoms with van der Waals surface area (Å²) >= 11 is 5.82. The van der Waals surface area contributed by atoms with E-state index in [1.54, 1.807) is 19.2 Å². The van der Waals surface area contributed by atoms with Crippen molar-refractivity contribution in [2.75, 3.05) is 13.1 Å². The minimum atomic E-state index is -4.98. The van der Waals surface area contributed by atoms with Gasteiger partial charge in [-0.1, -0.05) is 35.0 Å². The van der Waals surface area contributed by atoms with Crippen LogP contribution < -0.4 is 21.1 Å². The number of carbonyl (C=O) groups is 2. The van der Waals surface area contributed by atoms with Crippen molar-refractivity contribution in [2.24, 2.45) is 5.16 Å². The topological polar surface area (TPSA) is 79.8 Å². The standard InChI is InChI=1S/C26H23ClF7N3O3/c1-4-15-16(5-2)18(23(39)35-11-21(38)36-12-25(29,30)31)7-6-17(15)20-10-24(40-37-20,26(32,33)34)14-8-13(3)22(28)19(27)9-14/h4-9H,10-12H2,1-3H3,(H,35,39)(H,36,38)/b15-4+,16-5+. The average molecular weight is 594 g/mol. The average Bonchev–Trinajstić information content (AvgIpc) is 3.34. The molecule has 0 radical (unpaired) electrons. The Morgan fingerprint density at radius 3 is 2.27 bits per heavy atom. The number of hydrogen-bond acceptors (Lipinski definition) is 4. The zero-order chi connectivity index (χ0) is 30.0. The van der Waals surface area contributed by atoms with E-state index in [4.69, 9.17) is 16.4 Å². The van der Waals surface area contributed by atoms with Gasteiger partial charge in [0.15, 0.2) is 0 Å². The van der Waals surface area contributed by atoms with Gasteiger partial charge >= 0.3 is 12.4 Å². The first kappa shape index (κ1) is 30.9. The zero-order valence-corrected chi connectivity index (χ0v) is 22.0. The van der Waals surface area contributed by atoms with Crippen LogP contribution in [0.5, 0.6) is 0 Å². The Bertz CT molecular complexity index is 1460. The Balaban J connectivity index is 1.95. The number of benzene rings is 2. The van der Waals surface area contributed by atoms with Crippen LogP contribution in [0.15, 0.2) is 29.4 Å². The summed E-state index contributed by atoms with van der Waals surface area (Å²) in [5.74, 6) is -2.72. The molecule has 0 fully saturated rings. The molecule has 6 nitrogen and oxygen atoms in total. The van der Waals surface area contributed by atoms with Gasteiger partial charge in [0, 0.05) is 23.1 Å². The van der Waals surface area contributed by atoms with E-state index in [1.165, 1.54) is 31.2 Å². The van der Waals surface area contributed by atoms with Gasteiger partial charge < -0.3 is 15.5 Å². The molecule has 0 saturated carbocycles. The molecule has 2 N–H and O–H groups in total. The predicted octanol–water partition coefficient (Wildman–Crippen LogP) is 4.38. The highest BCUT2D eigenvalue weighted by Crippen LogP contribution is 2.49. The van der Waals surface area contributed by atoms with Crippen LogP contribution in [-0.4, -0.2) is 43.0 Å². The number of rotatable bonds is 6. The first-order valence-electron chi connectivity index (χ1n) is 11.7. The van der Waals surface area contributed by atoms with E-state index in [1.807, 2.05) is 0 Å². The maximum Gasteiger partial charge on any atom is 0.435 e. The van der Waals surface area contributed by atoms with Gasteiger partial charge in [0.05, 0.1) is 17.3 Å². The van der Waals surface area contributed by atoms with E-state index in [0.717, 1.165) is 12.1 Å². The Hall–Kier alpha value is -3.61. The number of alkyl halides is 6. The summed E-state index contributed by atoms with van der Waals surface area (Å²) in [6.45, 7) is 2.11. The number of nitrogens with zero attached hydrogens (tertiary/aromatic N) is 1. The van der Waals surface area contributed by atoms with Gasteiger partial charge in [-0.25, -0.2) is 4.39 Å². The summed E-state index contributed by atoms with van der Waals surface area (Å²) in [4.78, 5) is 29.4. The normalized spacial score (nSPS) is 18.4. The summed E-state index contributed by atoms with van der Waals surface area (Å²) in [6, 6.07) is 4.46. The monoisotopic (exact) mass is 593 g/mol. The van der Waals surface area contributed by atoms with Crippen molar-refractivity contribution in [3.63, 3.8) is 0 Å². The van der Waals surface area contributed by atoms with Gasteiger partial charge in [-0.2, -0.15) is 26.3 Å². The van der Waals surface area contributed by atoms with Crippen LogP contribution >= 0.6 is 11.6 Å². The molecule has 14 heteroatoms. The van der Waals surface area contributed by atoms with Crippen LogP contribution in [0.25, 0.3) is 12.2 Å². The molecule has 1 unspecified atom stereocenters. The smallest absolute Gasteiger partial charge is 0.374 e. The molecule has 0 aromatic heterocycles. The molecule has 0 aliphatic carbocycles. The Kier molecular flexibility index (Phi) is 8.87. The van der Waals surface area contributed by atoms with Gasteiger partial charge in [0.1, 0.15) is 12.4 Å². The lowest BCUT2D eigenvalue weighted by Gasteiger charge is -2.30. The predicted molar refractivity (Wildman–Crippen MR) is 133 cm³/mol. The summed E-state index contributed by atoms with van der Waals surface area (Å²) in [6.07, 6.45) is -7.34. The minimum absolute atomic E-state index is 0.0190. The number of nitrogens with one attached hydrogen (secondary N) is 2. The first-order chi connectivity index (χ1) is 18.5. The van der Waals surface area contributed by atoms with E-state index in [0.29, 0.717) is 5.22 Å². The van der Waals surface area contributed by atoms with Crippen LogP contribution in [0.2, 0.25) is 5.02 Å². The second kappa shape index (κ2) is 11.5. The van der Waals surface area contributed by atoms with Gasteiger partial charge in [-0.15, -0.1) is 0 Å². The second-order valence-electron chi connectivity index (χ2n) is 8.86. The fourth-order valence-corrected chi connectivity index (χ4v) is 4.50. The highest BCUT2D eigenvalue weighted by molar-refractivity contribution is 6.30. The quantitative estimate of drug-likeness (QED) is 0.488. The molecule has 0 saturated heterocycles. The summed E-state index contributed by atoms with van der Waals surface area (Å²) in [5.41, 5.74) is -3.38. The number of amides is 2. The van der Waals surface area contributed by atoms with Crippen molar-refractivity contribution >= 4 is 41.3 Å². The highest BCUT2D eigenvalue weighted by Gasteiger charge is 2.62. The summed E-state index contributed by atoms with van der Waals surface area (Å²) < 4.78 is 94.1. The SMILES string of the molecule is C/C=c1/c(C(=O)NCC(=O)NCC(F)(F)F)ccc(C2=NOC(c3cc(C)c(F)c(Cl)c3)(C(F)(F)F)C2)/c1=C/C. The third kappa shape index (κ3) is 6.24. The van der Waals surface area contributed by atoms with Crippen molar-refractivity contribution in [1.29, 1.82) is 0 Å². The molecule has 3 rings (SSSR count). The van der Waals surface area contributed by atoms with E-state index >= 15 is 0 Å². The van der Waals surface area contributed by atoms with Crippen molar-refractivity contribution in [2.45, 2.75) is 45.1 Å². The minimum Gasteiger partial charge on any atom is -0.374 e.